The Morgan fingerprint density at radius 1 is 0.938 bits per heavy atom. The molecule has 3 aromatic rings. The van der Waals surface area contributed by atoms with E-state index in [1.807, 2.05) is 0 Å². The van der Waals surface area contributed by atoms with Crippen molar-refractivity contribution in [1.29, 1.82) is 5.26 Å². The first kappa shape index (κ1) is 35.5. The van der Waals surface area contributed by atoms with Crippen LogP contribution in [-0.4, -0.2) is 45.4 Å². The summed E-state index contributed by atoms with van der Waals surface area (Å²) in [5, 5.41) is 15.1. The molecule has 0 saturated carbocycles. The number of anilines is 3. The predicted molar refractivity (Wildman–Crippen MR) is 172 cm³/mol. The average Bonchev–Trinajstić information content (AvgIpc) is 3.15. The van der Waals surface area contributed by atoms with Crippen molar-refractivity contribution in [3.8, 4) is 6.07 Å². The molecule has 1 aliphatic rings. The minimum Gasteiger partial charge on any atom is -0.458 e. The van der Waals surface area contributed by atoms with Crippen LogP contribution in [0, 0.1) is 11.3 Å². The van der Waals surface area contributed by atoms with Crippen molar-refractivity contribution in [1.82, 2.24) is 10.2 Å². The van der Waals surface area contributed by atoms with E-state index in [1.165, 1.54) is 24.8 Å². The summed E-state index contributed by atoms with van der Waals surface area (Å²) < 4.78 is 46.3. The maximum absolute atomic E-state index is 13.6. The molecule has 0 bridgehead atoms. The third kappa shape index (κ3) is 7.43. The molecule has 1 heterocycles. The summed E-state index contributed by atoms with van der Waals surface area (Å²) in [7, 11) is 0. The fourth-order valence-electron chi connectivity index (χ4n) is 4.96. The molecule has 10 nitrogen and oxygen atoms in total. The number of hydrogen-bond donors (Lipinski definition) is 2. The Morgan fingerprint density at radius 3 is 2.15 bits per heavy atom. The zero-order chi connectivity index (χ0) is 35.8. The predicted octanol–water partition coefficient (Wildman–Crippen LogP) is 6.92. The van der Waals surface area contributed by atoms with Gasteiger partial charge in [0.25, 0.3) is 11.8 Å². The Bertz CT molecular complexity index is 1800. The van der Waals surface area contributed by atoms with Crippen LogP contribution >= 0.6 is 0 Å². The molecule has 2 N–H and O–H groups in total. The molecule has 0 spiro atoms. The molecular formula is C35H36F3N5O5. The lowest BCUT2D eigenvalue weighted by Gasteiger charge is -2.29. The number of carbonyl (C=O) groups excluding carboxylic acids is 4. The molecule has 0 aliphatic carbocycles. The summed E-state index contributed by atoms with van der Waals surface area (Å²) in [5.41, 5.74) is -3.52. The quantitative estimate of drug-likeness (QED) is 0.198. The molecule has 4 rings (SSSR count). The lowest BCUT2D eigenvalue weighted by molar-refractivity contribution is -0.161. The molecule has 252 valence electrons. The highest BCUT2D eigenvalue weighted by Crippen LogP contribution is 2.39. The number of halogens is 3. The van der Waals surface area contributed by atoms with E-state index in [4.69, 9.17) is 10.00 Å². The highest BCUT2D eigenvalue weighted by atomic mass is 19.4. The van der Waals surface area contributed by atoms with Gasteiger partial charge in [-0.3, -0.25) is 9.59 Å². The highest BCUT2D eigenvalue weighted by molar-refractivity contribution is 6.23. The van der Waals surface area contributed by atoms with Crippen LogP contribution in [0.5, 0.6) is 0 Å². The number of para-hydroxylation sites is 1. The Hall–Kier alpha value is -5.38. The van der Waals surface area contributed by atoms with Gasteiger partial charge in [0.2, 0.25) is 0 Å². The number of nitrogens with zero attached hydrogens (tertiary/aromatic N) is 3. The normalized spacial score (nSPS) is 14.9. The van der Waals surface area contributed by atoms with E-state index in [-0.39, 0.29) is 12.2 Å². The molecule has 0 atom stereocenters. The first-order valence-corrected chi connectivity index (χ1v) is 14.9. The van der Waals surface area contributed by atoms with E-state index in [0.717, 1.165) is 12.1 Å². The van der Waals surface area contributed by atoms with Crippen molar-refractivity contribution in [3.05, 3.63) is 89.0 Å². The molecule has 13 heteroatoms. The number of hydrogen-bond acceptors (Lipinski definition) is 7. The molecule has 3 aromatic carbocycles. The summed E-state index contributed by atoms with van der Waals surface area (Å²) in [6.45, 7) is 11.2. The Labute approximate surface area is 276 Å². The number of benzene rings is 3. The van der Waals surface area contributed by atoms with Crippen molar-refractivity contribution in [2.75, 3.05) is 10.2 Å². The third-order valence-electron chi connectivity index (χ3n) is 7.62. The van der Waals surface area contributed by atoms with Gasteiger partial charge in [-0.15, -0.1) is 0 Å². The van der Waals surface area contributed by atoms with Crippen LogP contribution in [0.25, 0.3) is 0 Å². The molecule has 1 saturated heterocycles. The average molecular weight is 664 g/mol. The fourth-order valence-corrected chi connectivity index (χ4v) is 4.96. The van der Waals surface area contributed by atoms with E-state index >= 15 is 0 Å². The van der Waals surface area contributed by atoms with Gasteiger partial charge in [-0.2, -0.15) is 18.4 Å². The van der Waals surface area contributed by atoms with Crippen LogP contribution in [0.1, 0.15) is 75.5 Å². The Kier molecular flexibility index (Phi) is 9.36. The molecular weight excluding hydrogens is 627 g/mol. The summed E-state index contributed by atoms with van der Waals surface area (Å²) in [5.74, 6) is -1.78. The molecule has 4 amide bonds. The van der Waals surface area contributed by atoms with E-state index in [2.05, 4.69) is 10.6 Å². The fraction of sp³-hybridized carbons (Fsp3) is 0.343. The molecule has 0 unspecified atom stereocenters. The third-order valence-corrected chi connectivity index (χ3v) is 7.62. The lowest BCUT2D eigenvalue weighted by atomic mass is 10.0. The smallest absolute Gasteiger partial charge is 0.417 e. The van der Waals surface area contributed by atoms with Crippen LogP contribution in [0.3, 0.4) is 0 Å². The summed E-state index contributed by atoms with van der Waals surface area (Å²) >= 11 is 0. The largest absolute Gasteiger partial charge is 0.458 e. The molecule has 0 aromatic heterocycles. The number of alkyl halides is 3. The SMILES string of the molecule is CC(C)(C)OC(=O)C(C)(C)NC(=O)c1ccc(Nc2ccccc2CN2C(=O)N(c3ccc(C#N)c(C(F)(F)F)c3)C(=O)C2(C)C)cc1. The minimum atomic E-state index is -4.87. The maximum Gasteiger partial charge on any atom is 0.417 e. The second-order valence-electron chi connectivity index (χ2n) is 13.3. The van der Waals surface area contributed by atoms with Gasteiger partial charge in [0, 0.05) is 16.9 Å². The van der Waals surface area contributed by atoms with Crippen LogP contribution in [0.4, 0.5) is 35.0 Å². The van der Waals surface area contributed by atoms with Crippen molar-refractivity contribution >= 4 is 40.9 Å². The van der Waals surface area contributed by atoms with Crippen molar-refractivity contribution in [2.24, 2.45) is 0 Å². The van der Waals surface area contributed by atoms with E-state index in [1.54, 1.807) is 83.1 Å². The van der Waals surface area contributed by atoms with Gasteiger partial charge in [0.1, 0.15) is 16.7 Å². The number of urea groups is 1. The van der Waals surface area contributed by atoms with Crippen molar-refractivity contribution < 1.29 is 37.1 Å². The van der Waals surface area contributed by atoms with E-state index < -0.39 is 57.8 Å². The number of rotatable bonds is 8. The zero-order valence-corrected chi connectivity index (χ0v) is 27.6. The minimum absolute atomic E-state index is 0.0696. The second kappa shape index (κ2) is 12.7. The van der Waals surface area contributed by atoms with Gasteiger partial charge in [-0.1, -0.05) is 18.2 Å². The Morgan fingerprint density at radius 2 is 1.56 bits per heavy atom. The van der Waals surface area contributed by atoms with Gasteiger partial charge in [0.15, 0.2) is 0 Å². The van der Waals surface area contributed by atoms with Crippen molar-refractivity contribution in [3.63, 3.8) is 0 Å². The summed E-state index contributed by atoms with van der Waals surface area (Å²) in [6, 6.07) is 16.8. The molecule has 0 radical (unpaired) electrons. The van der Waals surface area contributed by atoms with Crippen LogP contribution in [0.2, 0.25) is 0 Å². The maximum atomic E-state index is 13.6. The van der Waals surface area contributed by atoms with Crippen LogP contribution in [-0.2, 0) is 27.0 Å². The van der Waals surface area contributed by atoms with E-state index in [9.17, 15) is 32.3 Å². The van der Waals surface area contributed by atoms with Crippen LogP contribution in [0.15, 0.2) is 66.7 Å². The standard InChI is InChI=1S/C35H36F3N5O5/c1-32(2,3)48-30(46)33(4,5)41-28(44)21-12-15-24(16-13-21)40-27-11-9-8-10-23(27)20-42-31(47)43(29(45)34(42,6)7)25-17-14-22(19-39)26(18-25)35(36,37)38/h8-18,40H,20H2,1-7H3,(H,41,44). The number of nitrogens with one attached hydrogen (secondary N) is 2. The van der Waals surface area contributed by atoms with E-state index in [0.29, 0.717) is 33.5 Å². The number of imide groups is 1. The van der Waals surface area contributed by atoms with Gasteiger partial charge < -0.3 is 20.3 Å². The topological polar surface area (TPSA) is 132 Å². The molecule has 1 fully saturated rings. The Balaban J connectivity index is 1.53. The number of nitriles is 1. The monoisotopic (exact) mass is 663 g/mol. The van der Waals surface area contributed by atoms with Gasteiger partial charge in [-0.25, -0.2) is 14.5 Å². The number of esters is 1. The number of carbonyl (C=O) groups is 4. The summed E-state index contributed by atoms with van der Waals surface area (Å²) in [4.78, 5) is 54.5. The van der Waals surface area contributed by atoms with Crippen molar-refractivity contribution in [2.45, 2.75) is 77.9 Å². The van der Waals surface area contributed by atoms with Gasteiger partial charge in [-0.05, 0) is 103 Å². The van der Waals surface area contributed by atoms with Gasteiger partial charge in [0.05, 0.1) is 29.4 Å². The van der Waals surface area contributed by atoms with Crippen LogP contribution < -0.4 is 15.5 Å². The zero-order valence-electron chi connectivity index (χ0n) is 27.6. The highest BCUT2D eigenvalue weighted by Gasteiger charge is 2.52. The lowest BCUT2D eigenvalue weighted by Crippen LogP contribution is -2.52. The first-order chi connectivity index (χ1) is 22.2. The number of amides is 4. The number of ether oxygens (including phenoxy) is 1. The second-order valence-corrected chi connectivity index (χ2v) is 13.3. The van der Waals surface area contributed by atoms with Gasteiger partial charge >= 0.3 is 18.2 Å². The molecule has 1 aliphatic heterocycles. The molecule has 48 heavy (non-hydrogen) atoms. The first-order valence-electron chi connectivity index (χ1n) is 14.9. The summed E-state index contributed by atoms with van der Waals surface area (Å²) in [6.07, 6.45) is -4.87.